The molecule has 0 bridgehead atoms. The Morgan fingerprint density at radius 2 is 2.00 bits per heavy atom. The van der Waals surface area contributed by atoms with E-state index in [1.54, 1.807) is 31.2 Å². The summed E-state index contributed by atoms with van der Waals surface area (Å²) in [4.78, 5) is 11.3. The maximum absolute atomic E-state index is 11.8. The fourth-order valence-electron chi connectivity index (χ4n) is 2.52. The zero-order chi connectivity index (χ0) is 13.5. The Balaban J connectivity index is 2.62. The van der Waals surface area contributed by atoms with E-state index in [0.717, 1.165) is 6.26 Å². The topological polar surface area (TPSA) is 74.7 Å². The number of fused-ring (bicyclic) bond motifs is 1. The molecule has 98 valence electrons. The number of sulfonamides is 1. The van der Waals surface area contributed by atoms with Crippen molar-refractivity contribution in [2.45, 2.75) is 25.3 Å². The highest BCUT2D eigenvalue weighted by Gasteiger charge is 2.37. The maximum Gasteiger partial charge on any atom is 0.311 e. The van der Waals surface area contributed by atoms with Crippen LogP contribution in [0.25, 0.3) is 0 Å². The summed E-state index contributed by atoms with van der Waals surface area (Å²) in [7, 11) is -3.40. The molecule has 0 aromatic heterocycles. The lowest BCUT2D eigenvalue weighted by molar-refractivity contribution is -0.139. The summed E-state index contributed by atoms with van der Waals surface area (Å²) in [5, 5.41) is 9.22. The summed E-state index contributed by atoms with van der Waals surface area (Å²) in [6, 6.07) is 6.43. The molecule has 1 N–H and O–H groups in total. The molecule has 0 radical (unpaired) electrons. The Kier molecular flexibility index (Phi) is 3.06. The largest absolute Gasteiger partial charge is 0.481 e. The van der Waals surface area contributed by atoms with E-state index in [2.05, 4.69) is 0 Å². The van der Waals surface area contributed by atoms with Crippen molar-refractivity contribution in [3.8, 4) is 0 Å². The molecule has 2 unspecified atom stereocenters. The van der Waals surface area contributed by atoms with Crippen LogP contribution in [0.2, 0.25) is 0 Å². The minimum atomic E-state index is -3.40. The third-order valence-corrected chi connectivity index (χ3v) is 4.45. The van der Waals surface area contributed by atoms with Gasteiger partial charge in [0.15, 0.2) is 0 Å². The van der Waals surface area contributed by atoms with Gasteiger partial charge >= 0.3 is 5.97 Å². The van der Waals surface area contributed by atoms with Gasteiger partial charge in [0.25, 0.3) is 0 Å². The van der Waals surface area contributed by atoms with Crippen LogP contribution in [0, 0.1) is 0 Å². The molecule has 1 aliphatic heterocycles. The van der Waals surface area contributed by atoms with Gasteiger partial charge in [0, 0.05) is 6.04 Å². The molecule has 0 amide bonds. The fraction of sp³-hybridized carbons (Fsp3) is 0.417. The Morgan fingerprint density at radius 1 is 1.39 bits per heavy atom. The van der Waals surface area contributed by atoms with Gasteiger partial charge in [-0.25, -0.2) is 8.42 Å². The molecule has 2 atom stereocenters. The number of aliphatic carboxylic acids is 1. The average molecular weight is 269 g/mol. The Morgan fingerprint density at radius 3 is 2.56 bits per heavy atom. The van der Waals surface area contributed by atoms with Gasteiger partial charge in [-0.05, 0) is 25.0 Å². The molecule has 0 saturated carbocycles. The summed E-state index contributed by atoms with van der Waals surface area (Å²) in [6.45, 7) is 1.73. The highest BCUT2D eigenvalue weighted by molar-refractivity contribution is 7.92. The first-order valence-electron chi connectivity index (χ1n) is 5.63. The quantitative estimate of drug-likeness (QED) is 0.881. The molecule has 0 saturated heterocycles. The van der Waals surface area contributed by atoms with Gasteiger partial charge in [0.2, 0.25) is 10.0 Å². The van der Waals surface area contributed by atoms with Gasteiger partial charge in [0.05, 0.1) is 17.9 Å². The number of carboxylic acid groups (broad SMARTS) is 1. The molecule has 5 nitrogen and oxygen atoms in total. The van der Waals surface area contributed by atoms with Crippen LogP contribution in [0.4, 0.5) is 5.69 Å². The van der Waals surface area contributed by atoms with Crippen molar-refractivity contribution in [1.29, 1.82) is 0 Å². The minimum absolute atomic E-state index is 0.291. The van der Waals surface area contributed by atoms with Crippen LogP contribution in [0.1, 0.15) is 24.8 Å². The van der Waals surface area contributed by atoms with Gasteiger partial charge in [-0.1, -0.05) is 18.2 Å². The van der Waals surface area contributed by atoms with E-state index in [-0.39, 0.29) is 6.04 Å². The van der Waals surface area contributed by atoms with Crippen LogP contribution < -0.4 is 4.31 Å². The van der Waals surface area contributed by atoms with Crippen LogP contribution in [-0.2, 0) is 14.8 Å². The van der Waals surface area contributed by atoms with Gasteiger partial charge < -0.3 is 5.11 Å². The zero-order valence-electron chi connectivity index (χ0n) is 10.2. The van der Waals surface area contributed by atoms with Crippen molar-refractivity contribution < 1.29 is 18.3 Å². The molecule has 0 aliphatic carbocycles. The number of benzene rings is 1. The third-order valence-electron chi connectivity index (χ3n) is 3.18. The van der Waals surface area contributed by atoms with Crippen molar-refractivity contribution in [3.05, 3.63) is 29.8 Å². The van der Waals surface area contributed by atoms with E-state index in [4.69, 9.17) is 0 Å². The number of rotatable bonds is 2. The van der Waals surface area contributed by atoms with Gasteiger partial charge in [0.1, 0.15) is 0 Å². The Bertz CT molecular complexity index is 581. The molecule has 6 heteroatoms. The average Bonchev–Trinajstić information content (AvgIpc) is 2.25. The van der Waals surface area contributed by atoms with E-state index >= 15 is 0 Å². The number of hydrogen-bond acceptors (Lipinski definition) is 3. The van der Waals surface area contributed by atoms with Crippen LogP contribution in [0.5, 0.6) is 0 Å². The summed E-state index contributed by atoms with van der Waals surface area (Å²) < 4.78 is 24.9. The molecular weight excluding hydrogens is 254 g/mol. The van der Waals surface area contributed by atoms with Crippen LogP contribution in [-0.4, -0.2) is 31.8 Å². The van der Waals surface area contributed by atoms with Gasteiger partial charge in [-0.2, -0.15) is 0 Å². The first kappa shape index (κ1) is 12.9. The van der Waals surface area contributed by atoms with Crippen LogP contribution in [0.3, 0.4) is 0 Å². The number of carboxylic acids is 1. The second-order valence-corrected chi connectivity index (χ2v) is 6.45. The predicted octanol–water partition coefficient (Wildman–Crippen LogP) is 1.41. The third kappa shape index (κ3) is 2.08. The Hall–Kier alpha value is -1.56. The van der Waals surface area contributed by atoms with Gasteiger partial charge in [-0.15, -0.1) is 0 Å². The van der Waals surface area contributed by atoms with Crippen molar-refractivity contribution in [3.63, 3.8) is 0 Å². The number of para-hydroxylation sites is 1. The summed E-state index contributed by atoms with van der Waals surface area (Å²) >= 11 is 0. The van der Waals surface area contributed by atoms with Gasteiger partial charge in [-0.3, -0.25) is 9.10 Å². The summed E-state index contributed by atoms with van der Waals surface area (Å²) in [5.41, 5.74) is 1.04. The molecule has 0 spiro atoms. The van der Waals surface area contributed by atoms with E-state index in [1.807, 2.05) is 0 Å². The lowest BCUT2D eigenvalue weighted by Gasteiger charge is -2.37. The van der Waals surface area contributed by atoms with E-state index in [9.17, 15) is 18.3 Å². The first-order chi connectivity index (χ1) is 8.32. The molecule has 1 aromatic rings. The van der Waals surface area contributed by atoms with E-state index in [1.165, 1.54) is 4.31 Å². The monoisotopic (exact) mass is 269 g/mol. The lowest BCUT2D eigenvalue weighted by Crippen LogP contribution is -2.43. The van der Waals surface area contributed by atoms with Crippen LogP contribution >= 0.6 is 0 Å². The lowest BCUT2D eigenvalue weighted by atomic mass is 9.87. The smallest absolute Gasteiger partial charge is 0.311 e. The molecule has 1 aliphatic rings. The summed E-state index contributed by atoms with van der Waals surface area (Å²) in [5.74, 6) is -1.56. The molecule has 1 aromatic carbocycles. The Labute approximate surface area is 106 Å². The highest BCUT2D eigenvalue weighted by atomic mass is 32.2. The number of hydrogen-bond donors (Lipinski definition) is 1. The molecule has 0 fully saturated rings. The SMILES string of the molecule is CC1CC(C(=O)O)c2ccccc2N1S(C)(=O)=O. The van der Waals surface area contributed by atoms with Crippen molar-refractivity contribution in [1.82, 2.24) is 0 Å². The summed E-state index contributed by atoms with van der Waals surface area (Å²) in [6.07, 6.45) is 1.43. The molecule has 18 heavy (non-hydrogen) atoms. The minimum Gasteiger partial charge on any atom is -0.481 e. The predicted molar refractivity (Wildman–Crippen MR) is 68.2 cm³/mol. The normalized spacial score (nSPS) is 23.6. The second-order valence-electron chi connectivity index (χ2n) is 4.59. The fourth-order valence-corrected chi connectivity index (χ4v) is 3.79. The van der Waals surface area contributed by atoms with Crippen molar-refractivity contribution in [2.24, 2.45) is 0 Å². The standard InChI is InChI=1S/C12H15NO4S/c1-8-7-10(12(14)15)9-5-3-4-6-11(9)13(8)18(2,16)17/h3-6,8,10H,7H2,1-2H3,(H,14,15). The molecule has 1 heterocycles. The second kappa shape index (κ2) is 4.28. The number of nitrogens with zero attached hydrogens (tertiary/aromatic N) is 1. The van der Waals surface area contributed by atoms with Crippen LogP contribution in [0.15, 0.2) is 24.3 Å². The van der Waals surface area contributed by atoms with E-state index < -0.39 is 21.9 Å². The number of carbonyl (C=O) groups is 1. The molecule has 2 rings (SSSR count). The van der Waals surface area contributed by atoms with Crippen molar-refractivity contribution >= 4 is 21.7 Å². The van der Waals surface area contributed by atoms with Crippen molar-refractivity contribution in [2.75, 3.05) is 10.6 Å². The maximum atomic E-state index is 11.8. The number of anilines is 1. The highest BCUT2D eigenvalue weighted by Crippen LogP contribution is 2.39. The molecular formula is C12H15NO4S. The first-order valence-corrected chi connectivity index (χ1v) is 7.48. The zero-order valence-corrected chi connectivity index (χ0v) is 11.0. The van der Waals surface area contributed by atoms with E-state index in [0.29, 0.717) is 17.7 Å².